The maximum Gasteiger partial charge on any atom is 0.273 e. The van der Waals surface area contributed by atoms with Crippen molar-refractivity contribution in [2.45, 2.75) is 0 Å². The number of aromatic nitrogens is 2. The maximum absolute atomic E-state index is 13.9. The molecule has 126 valence electrons. The van der Waals surface area contributed by atoms with E-state index >= 15 is 0 Å². The fourth-order valence-electron chi connectivity index (χ4n) is 3.18. The molecule has 6 heteroatoms. The summed E-state index contributed by atoms with van der Waals surface area (Å²) in [4.78, 5) is 25.0. The normalized spacial score (nSPS) is 14.8. The fraction of sp³-hybridized carbons (Fsp3) is 0.211. The first kappa shape index (κ1) is 15.5. The van der Waals surface area contributed by atoms with Gasteiger partial charge in [0, 0.05) is 31.6 Å². The van der Waals surface area contributed by atoms with Crippen molar-refractivity contribution < 1.29 is 9.18 Å². The highest BCUT2D eigenvalue weighted by molar-refractivity contribution is 6.04. The standard InChI is InChI=1S/C19H17FN4O/c20-15-6-2-4-8-17(15)23-9-11-24(12-10-23)19(25)18-14-5-1-3-7-16(14)21-13-22-18/h1-8,13H,9-12H2. The first-order chi connectivity index (χ1) is 12.2. The van der Waals surface area contributed by atoms with Crippen molar-refractivity contribution in [1.82, 2.24) is 14.9 Å². The molecule has 0 spiro atoms. The molecule has 0 radical (unpaired) electrons. The Labute approximate surface area is 144 Å². The molecule has 2 aromatic carbocycles. The summed E-state index contributed by atoms with van der Waals surface area (Å²) < 4.78 is 13.9. The van der Waals surface area contributed by atoms with Crippen LogP contribution >= 0.6 is 0 Å². The Morgan fingerprint density at radius 1 is 0.920 bits per heavy atom. The molecule has 0 aliphatic carbocycles. The molecule has 1 saturated heterocycles. The van der Waals surface area contributed by atoms with Crippen LogP contribution in [0.5, 0.6) is 0 Å². The molecule has 1 aliphatic heterocycles. The summed E-state index contributed by atoms with van der Waals surface area (Å²) in [6.45, 7) is 2.25. The highest BCUT2D eigenvalue weighted by Gasteiger charge is 2.25. The predicted molar refractivity (Wildman–Crippen MR) is 94.1 cm³/mol. The molecule has 0 unspecified atom stereocenters. The molecule has 0 N–H and O–H groups in total. The summed E-state index contributed by atoms with van der Waals surface area (Å²) in [7, 11) is 0. The van der Waals surface area contributed by atoms with Gasteiger partial charge in [0.05, 0.1) is 11.2 Å². The number of carbonyl (C=O) groups excluding carboxylic acids is 1. The molecule has 5 nitrogen and oxygen atoms in total. The number of carbonyl (C=O) groups is 1. The van der Waals surface area contributed by atoms with Crippen molar-refractivity contribution in [3.63, 3.8) is 0 Å². The lowest BCUT2D eigenvalue weighted by atomic mass is 10.1. The highest BCUT2D eigenvalue weighted by atomic mass is 19.1. The Morgan fingerprint density at radius 2 is 1.64 bits per heavy atom. The van der Waals surface area contributed by atoms with Gasteiger partial charge in [0.15, 0.2) is 0 Å². The second-order valence-corrected chi connectivity index (χ2v) is 5.97. The van der Waals surface area contributed by atoms with E-state index in [1.165, 1.54) is 12.4 Å². The first-order valence-electron chi connectivity index (χ1n) is 8.22. The van der Waals surface area contributed by atoms with Crippen LogP contribution in [0.1, 0.15) is 10.5 Å². The Morgan fingerprint density at radius 3 is 2.44 bits per heavy atom. The predicted octanol–water partition coefficient (Wildman–Crippen LogP) is 2.73. The first-order valence-corrected chi connectivity index (χ1v) is 8.22. The molecule has 4 rings (SSSR count). The highest BCUT2D eigenvalue weighted by Crippen LogP contribution is 2.21. The second kappa shape index (κ2) is 6.47. The van der Waals surface area contributed by atoms with Gasteiger partial charge < -0.3 is 9.80 Å². The molecule has 0 bridgehead atoms. The van der Waals surface area contributed by atoms with Gasteiger partial charge in [-0.2, -0.15) is 0 Å². The van der Waals surface area contributed by atoms with Crippen molar-refractivity contribution in [3.8, 4) is 0 Å². The number of para-hydroxylation sites is 2. The van der Waals surface area contributed by atoms with Gasteiger partial charge in [0.2, 0.25) is 0 Å². The van der Waals surface area contributed by atoms with Gasteiger partial charge in [-0.15, -0.1) is 0 Å². The number of hydrogen-bond acceptors (Lipinski definition) is 4. The van der Waals surface area contributed by atoms with Crippen molar-refractivity contribution in [1.29, 1.82) is 0 Å². The average molecular weight is 336 g/mol. The van der Waals surface area contributed by atoms with E-state index in [4.69, 9.17) is 0 Å². The minimum absolute atomic E-state index is 0.105. The van der Waals surface area contributed by atoms with E-state index in [1.54, 1.807) is 17.0 Å². The van der Waals surface area contributed by atoms with Crippen LogP contribution in [0.3, 0.4) is 0 Å². The number of rotatable bonds is 2. The van der Waals surface area contributed by atoms with Crippen LogP contribution in [0.4, 0.5) is 10.1 Å². The largest absolute Gasteiger partial charge is 0.366 e. The molecular formula is C19H17FN4O. The van der Waals surface area contributed by atoms with Crippen molar-refractivity contribution in [2.24, 2.45) is 0 Å². The monoisotopic (exact) mass is 336 g/mol. The lowest BCUT2D eigenvalue weighted by Crippen LogP contribution is -2.49. The van der Waals surface area contributed by atoms with Crippen LogP contribution in [0.25, 0.3) is 10.9 Å². The van der Waals surface area contributed by atoms with Gasteiger partial charge in [0.1, 0.15) is 17.8 Å². The number of fused-ring (bicyclic) bond motifs is 1. The summed E-state index contributed by atoms with van der Waals surface area (Å²) in [5.74, 6) is -0.337. The Balaban J connectivity index is 1.52. The Kier molecular flexibility index (Phi) is 4.01. The maximum atomic E-state index is 13.9. The third-order valence-electron chi connectivity index (χ3n) is 4.51. The molecule has 0 saturated carbocycles. The van der Waals surface area contributed by atoms with E-state index in [-0.39, 0.29) is 11.7 Å². The topological polar surface area (TPSA) is 49.3 Å². The minimum Gasteiger partial charge on any atom is -0.366 e. The SMILES string of the molecule is O=C(c1ncnc2ccccc12)N1CCN(c2ccccc2F)CC1. The molecule has 0 atom stereocenters. The van der Waals surface area contributed by atoms with Crippen molar-refractivity contribution >= 4 is 22.5 Å². The van der Waals surface area contributed by atoms with Crippen molar-refractivity contribution in [3.05, 3.63) is 66.4 Å². The van der Waals surface area contributed by atoms with Crippen LogP contribution in [-0.2, 0) is 0 Å². The zero-order valence-electron chi connectivity index (χ0n) is 13.6. The molecule has 3 aromatic rings. The van der Waals surface area contributed by atoms with E-state index in [2.05, 4.69) is 9.97 Å². The summed E-state index contributed by atoms with van der Waals surface area (Å²) in [5, 5.41) is 0.756. The summed E-state index contributed by atoms with van der Waals surface area (Å²) >= 11 is 0. The second-order valence-electron chi connectivity index (χ2n) is 5.97. The fourth-order valence-corrected chi connectivity index (χ4v) is 3.18. The average Bonchev–Trinajstić information content (AvgIpc) is 2.67. The van der Waals surface area contributed by atoms with Gasteiger partial charge in [-0.05, 0) is 18.2 Å². The van der Waals surface area contributed by atoms with Gasteiger partial charge in [-0.25, -0.2) is 14.4 Å². The smallest absolute Gasteiger partial charge is 0.273 e. The zero-order chi connectivity index (χ0) is 17.2. The quantitative estimate of drug-likeness (QED) is 0.722. The molecular weight excluding hydrogens is 319 g/mol. The van der Waals surface area contributed by atoms with E-state index in [1.807, 2.05) is 35.2 Å². The summed E-state index contributed by atoms with van der Waals surface area (Å²) in [6.07, 6.45) is 1.42. The lowest BCUT2D eigenvalue weighted by Gasteiger charge is -2.36. The number of benzene rings is 2. The molecule has 1 aliphatic rings. The van der Waals surface area contributed by atoms with Gasteiger partial charge in [-0.3, -0.25) is 4.79 Å². The van der Waals surface area contributed by atoms with Crippen LogP contribution in [0.15, 0.2) is 54.9 Å². The zero-order valence-corrected chi connectivity index (χ0v) is 13.6. The molecule has 25 heavy (non-hydrogen) atoms. The number of halogens is 1. The van der Waals surface area contributed by atoms with Crippen LogP contribution in [0.2, 0.25) is 0 Å². The molecule has 1 aromatic heterocycles. The Hall–Kier alpha value is -3.02. The minimum atomic E-state index is -0.232. The van der Waals surface area contributed by atoms with E-state index in [0.29, 0.717) is 37.6 Å². The van der Waals surface area contributed by atoms with Gasteiger partial charge in [-0.1, -0.05) is 30.3 Å². The molecule has 1 fully saturated rings. The Bertz CT molecular complexity index is 917. The van der Waals surface area contributed by atoms with Crippen LogP contribution in [0, 0.1) is 5.82 Å². The number of piperazine rings is 1. The summed E-state index contributed by atoms with van der Waals surface area (Å²) in [5.41, 5.74) is 1.76. The third kappa shape index (κ3) is 2.91. The summed E-state index contributed by atoms with van der Waals surface area (Å²) in [6, 6.07) is 14.2. The van der Waals surface area contributed by atoms with Crippen LogP contribution < -0.4 is 4.90 Å². The van der Waals surface area contributed by atoms with E-state index in [9.17, 15) is 9.18 Å². The third-order valence-corrected chi connectivity index (χ3v) is 4.51. The number of amides is 1. The number of anilines is 1. The molecule has 1 amide bonds. The lowest BCUT2D eigenvalue weighted by molar-refractivity contribution is 0.0743. The molecule has 2 heterocycles. The van der Waals surface area contributed by atoms with E-state index in [0.717, 1.165) is 10.9 Å². The van der Waals surface area contributed by atoms with Crippen LogP contribution in [-0.4, -0.2) is 47.0 Å². The number of hydrogen-bond donors (Lipinski definition) is 0. The van der Waals surface area contributed by atoms with Crippen molar-refractivity contribution in [2.75, 3.05) is 31.1 Å². The van der Waals surface area contributed by atoms with Gasteiger partial charge in [0.25, 0.3) is 5.91 Å². The van der Waals surface area contributed by atoms with E-state index < -0.39 is 0 Å². The number of nitrogens with zero attached hydrogens (tertiary/aromatic N) is 4. The van der Waals surface area contributed by atoms with Gasteiger partial charge >= 0.3 is 0 Å².